The Morgan fingerprint density at radius 3 is 2.69 bits per heavy atom. The first-order valence-corrected chi connectivity index (χ1v) is 10.6. The van der Waals surface area contributed by atoms with Gasteiger partial charge < -0.3 is 5.32 Å². The fraction of sp³-hybridized carbons (Fsp3) is 0.261. The minimum atomic E-state index is 0.0402. The van der Waals surface area contributed by atoms with Gasteiger partial charge in [-0.3, -0.25) is 9.78 Å². The molecule has 1 amide bonds. The number of nitrogens with one attached hydrogen (secondary N) is 1. The van der Waals surface area contributed by atoms with Crippen molar-refractivity contribution in [1.29, 1.82) is 0 Å². The number of carbonyl (C=O) groups is 1. The van der Waals surface area contributed by atoms with Gasteiger partial charge in [-0.2, -0.15) is 0 Å². The fourth-order valence-corrected chi connectivity index (χ4v) is 3.61. The topological polar surface area (TPSA) is 54.9 Å². The Bertz CT molecular complexity index is 1100. The van der Waals surface area contributed by atoms with Crippen LogP contribution in [0.1, 0.15) is 31.7 Å². The second kappa shape index (κ2) is 9.39. The molecule has 1 aliphatic rings. The van der Waals surface area contributed by atoms with Crippen molar-refractivity contribution in [2.75, 3.05) is 5.32 Å². The van der Waals surface area contributed by atoms with Crippen LogP contribution in [-0.2, 0) is 4.79 Å². The molecule has 1 N–H and O–H groups in total. The number of nitrogens with zero attached hydrogens (tertiary/aromatic N) is 2. The summed E-state index contributed by atoms with van der Waals surface area (Å²) in [6.45, 7) is 3.98. The van der Waals surface area contributed by atoms with Crippen LogP contribution in [0.25, 0.3) is 21.9 Å². The van der Waals surface area contributed by atoms with Crippen LogP contribution in [0, 0.1) is 25.2 Å². The summed E-state index contributed by atoms with van der Waals surface area (Å²) in [5, 5.41) is 5.24. The predicted octanol–water partition coefficient (Wildman–Crippen LogP) is 6.40. The highest BCUT2D eigenvalue weighted by atomic mass is 79.9. The Kier molecular flexibility index (Phi) is 6.89. The summed E-state index contributed by atoms with van der Waals surface area (Å²) in [6, 6.07) is 5.88. The molecule has 0 aliphatic heterocycles. The molecule has 0 radical (unpaired) electrons. The maximum Gasteiger partial charge on any atom is 0.228 e. The number of aryl methyl sites for hydroxylation is 1. The van der Waals surface area contributed by atoms with E-state index in [9.17, 15) is 4.79 Å². The third kappa shape index (κ3) is 4.95. The van der Waals surface area contributed by atoms with Crippen molar-refractivity contribution in [2.24, 2.45) is 5.92 Å². The van der Waals surface area contributed by atoms with E-state index in [2.05, 4.69) is 37.1 Å². The number of benzene rings is 1. The summed E-state index contributed by atoms with van der Waals surface area (Å²) < 4.78 is 0.814. The van der Waals surface area contributed by atoms with E-state index in [4.69, 9.17) is 18.0 Å². The average Bonchev–Trinajstić information content (AvgIpc) is 3.57. The first-order chi connectivity index (χ1) is 14.0. The fourth-order valence-electron chi connectivity index (χ4n) is 2.81. The SMILES string of the molecule is C#CCC.Cc1ccncc1-c1cc2cc(NC(=O)C3CC3)ncc2c(Cl)c1Br. The van der Waals surface area contributed by atoms with Crippen LogP contribution in [0.2, 0.25) is 5.02 Å². The molecule has 0 saturated heterocycles. The molecule has 29 heavy (non-hydrogen) atoms. The number of rotatable bonds is 3. The lowest BCUT2D eigenvalue weighted by Crippen LogP contribution is -2.14. The minimum Gasteiger partial charge on any atom is -0.310 e. The molecule has 0 spiro atoms. The number of fused-ring (bicyclic) bond motifs is 1. The molecule has 1 fully saturated rings. The van der Waals surface area contributed by atoms with E-state index < -0.39 is 0 Å². The Labute approximate surface area is 184 Å². The van der Waals surface area contributed by atoms with Gasteiger partial charge in [0, 0.05) is 46.4 Å². The molecule has 4 nitrogen and oxygen atoms in total. The van der Waals surface area contributed by atoms with E-state index in [0.717, 1.165) is 51.2 Å². The quantitative estimate of drug-likeness (QED) is 0.451. The van der Waals surface area contributed by atoms with Crippen LogP contribution >= 0.6 is 27.5 Å². The molecular formula is C23H21BrClN3O. The smallest absolute Gasteiger partial charge is 0.228 e. The number of terminal acetylenes is 1. The molecule has 2 heterocycles. The van der Waals surface area contributed by atoms with Gasteiger partial charge in [-0.05, 0) is 70.4 Å². The standard InChI is InChI=1S/C19H15BrClN3O.C4H6/c1-10-4-5-22-8-14(10)13-6-12-7-16(24-19(25)11-2-3-11)23-9-15(12)18(21)17(13)20;1-3-4-2/h4-9,11H,2-3H2,1H3,(H,23,24,25);1H,4H2,2H3. The van der Waals surface area contributed by atoms with Crippen LogP contribution in [0.4, 0.5) is 5.82 Å². The second-order valence-electron chi connectivity index (χ2n) is 6.85. The number of hydrogen-bond acceptors (Lipinski definition) is 3. The molecule has 6 heteroatoms. The second-order valence-corrected chi connectivity index (χ2v) is 8.03. The average molecular weight is 471 g/mol. The summed E-state index contributed by atoms with van der Waals surface area (Å²) in [5.74, 6) is 3.16. The predicted molar refractivity (Wildman–Crippen MR) is 123 cm³/mol. The van der Waals surface area contributed by atoms with E-state index in [0.29, 0.717) is 10.8 Å². The summed E-state index contributed by atoms with van der Waals surface area (Å²) in [5.41, 5.74) is 3.09. The zero-order valence-electron chi connectivity index (χ0n) is 16.3. The lowest BCUT2D eigenvalue weighted by molar-refractivity contribution is -0.117. The van der Waals surface area contributed by atoms with Crippen LogP contribution in [-0.4, -0.2) is 15.9 Å². The molecule has 1 aromatic carbocycles. The minimum absolute atomic E-state index is 0.0402. The Balaban J connectivity index is 0.000000552. The maximum absolute atomic E-state index is 12.0. The number of carbonyl (C=O) groups excluding carboxylic acids is 1. The third-order valence-corrected chi connectivity index (χ3v) is 6.08. The van der Waals surface area contributed by atoms with E-state index in [1.165, 1.54) is 0 Å². The van der Waals surface area contributed by atoms with Gasteiger partial charge in [0.15, 0.2) is 0 Å². The summed E-state index contributed by atoms with van der Waals surface area (Å²) in [4.78, 5) is 20.5. The van der Waals surface area contributed by atoms with Crippen molar-refractivity contribution in [3.63, 3.8) is 0 Å². The van der Waals surface area contributed by atoms with Gasteiger partial charge in [0.1, 0.15) is 5.82 Å². The largest absolute Gasteiger partial charge is 0.310 e. The first-order valence-electron chi connectivity index (χ1n) is 9.39. The van der Waals surface area contributed by atoms with E-state index in [-0.39, 0.29) is 11.8 Å². The molecule has 0 bridgehead atoms. The summed E-state index contributed by atoms with van der Waals surface area (Å²) in [6.07, 6.45) is 12.8. The van der Waals surface area contributed by atoms with E-state index >= 15 is 0 Å². The lowest BCUT2D eigenvalue weighted by atomic mass is 10.00. The van der Waals surface area contributed by atoms with Crippen molar-refractivity contribution in [2.45, 2.75) is 33.1 Å². The first kappa shape index (κ1) is 21.3. The molecule has 1 saturated carbocycles. The van der Waals surface area contributed by atoms with Crippen molar-refractivity contribution >= 4 is 50.0 Å². The monoisotopic (exact) mass is 469 g/mol. The van der Waals surface area contributed by atoms with Gasteiger partial charge in [-0.15, -0.1) is 12.3 Å². The molecule has 148 valence electrons. The number of amides is 1. The number of pyridine rings is 2. The zero-order valence-corrected chi connectivity index (χ0v) is 18.6. The van der Waals surface area contributed by atoms with Gasteiger partial charge in [0.05, 0.1) is 5.02 Å². The van der Waals surface area contributed by atoms with Crippen molar-refractivity contribution in [3.8, 4) is 23.5 Å². The number of hydrogen-bond donors (Lipinski definition) is 1. The molecule has 1 aliphatic carbocycles. The van der Waals surface area contributed by atoms with Crippen molar-refractivity contribution in [1.82, 2.24) is 9.97 Å². The van der Waals surface area contributed by atoms with Gasteiger partial charge in [0.2, 0.25) is 5.91 Å². The highest BCUT2D eigenvalue weighted by molar-refractivity contribution is 9.10. The van der Waals surface area contributed by atoms with Gasteiger partial charge in [0.25, 0.3) is 0 Å². The molecule has 0 atom stereocenters. The highest BCUT2D eigenvalue weighted by Crippen LogP contribution is 2.40. The van der Waals surface area contributed by atoms with Gasteiger partial charge in [-0.25, -0.2) is 4.98 Å². The Morgan fingerprint density at radius 2 is 2.07 bits per heavy atom. The molecule has 2 aromatic heterocycles. The van der Waals surface area contributed by atoms with Crippen molar-refractivity contribution in [3.05, 3.63) is 51.8 Å². The molecular weight excluding hydrogens is 450 g/mol. The normalized spacial score (nSPS) is 12.7. The Hall–Kier alpha value is -2.42. The summed E-state index contributed by atoms with van der Waals surface area (Å²) in [7, 11) is 0. The Morgan fingerprint density at radius 1 is 1.34 bits per heavy atom. The van der Waals surface area contributed by atoms with Crippen LogP contribution in [0.5, 0.6) is 0 Å². The number of halogens is 2. The highest BCUT2D eigenvalue weighted by Gasteiger charge is 2.29. The van der Waals surface area contributed by atoms with Crippen LogP contribution < -0.4 is 5.32 Å². The maximum atomic E-state index is 12.0. The molecule has 4 rings (SSSR count). The molecule has 3 aromatic rings. The lowest BCUT2D eigenvalue weighted by Gasteiger charge is -2.13. The number of anilines is 1. The van der Waals surface area contributed by atoms with E-state index in [1.54, 1.807) is 12.4 Å². The molecule has 0 unspecified atom stereocenters. The van der Waals surface area contributed by atoms with E-state index in [1.807, 2.05) is 38.2 Å². The number of aromatic nitrogens is 2. The van der Waals surface area contributed by atoms with Crippen molar-refractivity contribution < 1.29 is 4.79 Å². The zero-order chi connectivity index (χ0) is 21.0. The van der Waals surface area contributed by atoms with Crippen LogP contribution in [0.3, 0.4) is 0 Å². The van der Waals surface area contributed by atoms with Crippen LogP contribution in [0.15, 0.2) is 41.3 Å². The van der Waals surface area contributed by atoms with Gasteiger partial charge >= 0.3 is 0 Å². The summed E-state index contributed by atoms with van der Waals surface area (Å²) >= 11 is 10.2. The van der Waals surface area contributed by atoms with Gasteiger partial charge in [-0.1, -0.05) is 18.5 Å². The third-order valence-electron chi connectivity index (χ3n) is 4.63.